The van der Waals surface area contributed by atoms with E-state index in [1.54, 1.807) is 26.0 Å². The number of benzene rings is 1. The molecule has 23 heavy (non-hydrogen) atoms. The highest BCUT2D eigenvalue weighted by molar-refractivity contribution is 7.99. The third kappa shape index (κ3) is 4.78. The summed E-state index contributed by atoms with van der Waals surface area (Å²) >= 11 is 1.63. The molecule has 0 saturated heterocycles. The molecule has 1 saturated carbocycles. The van der Waals surface area contributed by atoms with Gasteiger partial charge in [0.1, 0.15) is 0 Å². The van der Waals surface area contributed by atoms with Crippen LogP contribution in [0.15, 0.2) is 23.1 Å². The highest BCUT2D eigenvalue weighted by Crippen LogP contribution is 2.32. The van der Waals surface area contributed by atoms with Crippen LogP contribution in [0.4, 0.5) is 0 Å². The highest BCUT2D eigenvalue weighted by atomic mass is 32.2. The molecular formula is C17H26N2O3S. The Bertz CT molecular complexity index is 531. The number of rotatable bonds is 8. The molecule has 0 aromatic heterocycles. The minimum atomic E-state index is -0.162. The van der Waals surface area contributed by atoms with Crippen molar-refractivity contribution in [2.45, 2.75) is 42.5 Å². The van der Waals surface area contributed by atoms with E-state index in [4.69, 9.17) is 15.2 Å². The molecule has 1 aliphatic rings. The Hall–Kier alpha value is -1.40. The average molecular weight is 338 g/mol. The molecule has 0 atom stereocenters. The molecule has 3 N–H and O–H groups in total. The maximum absolute atomic E-state index is 12.2. The molecule has 0 unspecified atom stereocenters. The normalized spacial score (nSPS) is 16.1. The second-order valence-electron chi connectivity index (χ2n) is 5.85. The van der Waals surface area contributed by atoms with Gasteiger partial charge in [0.15, 0.2) is 11.5 Å². The monoisotopic (exact) mass is 338 g/mol. The van der Waals surface area contributed by atoms with E-state index in [1.807, 2.05) is 18.2 Å². The van der Waals surface area contributed by atoms with E-state index in [9.17, 15) is 4.79 Å². The molecule has 128 valence electrons. The highest BCUT2D eigenvalue weighted by Gasteiger charge is 2.33. The zero-order valence-electron chi connectivity index (χ0n) is 13.9. The Morgan fingerprint density at radius 2 is 1.96 bits per heavy atom. The van der Waals surface area contributed by atoms with Gasteiger partial charge in [-0.3, -0.25) is 4.79 Å². The minimum Gasteiger partial charge on any atom is -0.493 e. The zero-order chi connectivity index (χ0) is 16.7. The standard InChI is InChI=1S/C17H26N2O3S/c1-21-14-6-5-13(11-15(14)22-2)23-10-7-16(20)19-17(12-18)8-3-4-9-17/h5-6,11H,3-4,7-10,12,18H2,1-2H3,(H,19,20). The lowest BCUT2D eigenvalue weighted by molar-refractivity contribution is -0.122. The molecule has 2 rings (SSSR count). The topological polar surface area (TPSA) is 73.6 Å². The van der Waals surface area contributed by atoms with E-state index in [-0.39, 0.29) is 11.4 Å². The Balaban J connectivity index is 1.81. The number of ether oxygens (including phenoxy) is 2. The molecule has 1 aliphatic carbocycles. The second-order valence-corrected chi connectivity index (χ2v) is 7.02. The van der Waals surface area contributed by atoms with Crippen LogP contribution in [0.25, 0.3) is 0 Å². The van der Waals surface area contributed by atoms with E-state index in [1.165, 1.54) is 0 Å². The van der Waals surface area contributed by atoms with Crippen molar-refractivity contribution in [2.75, 3.05) is 26.5 Å². The van der Waals surface area contributed by atoms with Crippen LogP contribution < -0.4 is 20.5 Å². The summed E-state index contributed by atoms with van der Waals surface area (Å²) < 4.78 is 10.5. The molecule has 0 aliphatic heterocycles. The van der Waals surface area contributed by atoms with Gasteiger partial charge in [-0.05, 0) is 31.0 Å². The number of methoxy groups -OCH3 is 2. The number of amides is 1. The molecule has 6 heteroatoms. The van der Waals surface area contributed by atoms with Crippen LogP contribution in [-0.4, -0.2) is 38.0 Å². The smallest absolute Gasteiger partial charge is 0.221 e. The van der Waals surface area contributed by atoms with E-state index in [0.717, 1.165) is 36.3 Å². The fourth-order valence-electron chi connectivity index (χ4n) is 2.96. The number of nitrogens with one attached hydrogen (secondary N) is 1. The summed E-state index contributed by atoms with van der Waals surface area (Å²) in [6.07, 6.45) is 4.78. The van der Waals surface area contributed by atoms with Gasteiger partial charge in [0.2, 0.25) is 5.91 Å². The van der Waals surface area contributed by atoms with E-state index in [2.05, 4.69) is 5.32 Å². The largest absolute Gasteiger partial charge is 0.493 e. The number of hydrogen-bond donors (Lipinski definition) is 2. The summed E-state index contributed by atoms with van der Waals surface area (Å²) in [4.78, 5) is 13.2. The van der Waals surface area contributed by atoms with Gasteiger partial charge in [-0.25, -0.2) is 0 Å². The SMILES string of the molecule is COc1ccc(SCCC(=O)NC2(CN)CCCC2)cc1OC. The van der Waals surface area contributed by atoms with Crippen LogP contribution in [0, 0.1) is 0 Å². The maximum Gasteiger partial charge on any atom is 0.221 e. The fourth-order valence-corrected chi connectivity index (χ4v) is 3.84. The fraction of sp³-hybridized carbons (Fsp3) is 0.588. The summed E-state index contributed by atoms with van der Waals surface area (Å²) in [5.74, 6) is 2.23. The third-order valence-corrected chi connectivity index (χ3v) is 5.30. The van der Waals surface area contributed by atoms with E-state index < -0.39 is 0 Å². The lowest BCUT2D eigenvalue weighted by Gasteiger charge is -2.28. The predicted octanol–water partition coefficient (Wildman–Crippen LogP) is 2.57. The zero-order valence-corrected chi connectivity index (χ0v) is 14.7. The van der Waals surface area contributed by atoms with Gasteiger partial charge in [0.25, 0.3) is 0 Å². The summed E-state index contributed by atoms with van der Waals surface area (Å²) in [7, 11) is 3.24. The number of carbonyl (C=O) groups excluding carboxylic acids is 1. The van der Waals surface area contributed by atoms with Crippen LogP contribution >= 0.6 is 11.8 Å². The van der Waals surface area contributed by atoms with Gasteiger partial charge in [-0.15, -0.1) is 11.8 Å². The van der Waals surface area contributed by atoms with Crippen molar-refractivity contribution < 1.29 is 14.3 Å². The van der Waals surface area contributed by atoms with Crippen molar-refractivity contribution in [3.05, 3.63) is 18.2 Å². The first-order chi connectivity index (χ1) is 11.1. The van der Waals surface area contributed by atoms with Crippen molar-refractivity contribution in [1.29, 1.82) is 0 Å². The van der Waals surface area contributed by atoms with Crippen molar-refractivity contribution in [2.24, 2.45) is 5.73 Å². The third-order valence-electron chi connectivity index (χ3n) is 4.31. The van der Waals surface area contributed by atoms with Crippen LogP contribution in [0.1, 0.15) is 32.1 Å². The summed E-state index contributed by atoms with van der Waals surface area (Å²) in [5, 5.41) is 3.15. The number of nitrogens with two attached hydrogens (primary N) is 1. The molecule has 1 aromatic carbocycles. The van der Waals surface area contributed by atoms with E-state index >= 15 is 0 Å². The quantitative estimate of drug-likeness (QED) is 0.713. The van der Waals surface area contributed by atoms with Crippen molar-refractivity contribution in [3.63, 3.8) is 0 Å². The predicted molar refractivity (Wildman–Crippen MR) is 93.3 cm³/mol. The molecule has 0 bridgehead atoms. The molecule has 0 spiro atoms. The Labute approximate surface area is 142 Å². The van der Waals surface area contributed by atoms with Crippen molar-refractivity contribution >= 4 is 17.7 Å². The molecule has 0 radical (unpaired) electrons. The second kappa shape index (κ2) is 8.45. The van der Waals surface area contributed by atoms with Gasteiger partial charge >= 0.3 is 0 Å². The number of thioether (sulfide) groups is 1. The average Bonchev–Trinajstić information content (AvgIpc) is 3.03. The first kappa shape index (κ1) is 17.9. The first-order valence-electron chi connectivity index (χ1n) is 7.98. The van der Waals surface area contributed by atoms with Gasteiger partial charge in [-0.2, -0.15) is 0 Å². The summed E-state index contributed by atoms with van der Waals surface area (Å²) in [6, 6.07) is 5.78. The van der Waals surface area contributed by atoms with Crippen LogP contribution in [0.2, 0.25) is 0 Å². The molecule has 0 heterocycles. The van der Waals surface area contributed by atoms with Crippen LogP contribution in [-0.2, 0) is 4.79 Å². The van der Waals surface area contributed by atoms with E-state index in [0.29, 0.717) is 24.5 Å². The van der Waals surface area contributed by atoms with Gasteiger partial charge in [-0.1, -0.05) is 12.8 Å². The lowest BCUT2D eigenvalue weighted by atomic mass is 9.98. The van der Waals surface area contributed by atoms with Gasteiger partial charge < -0.3 is 20.5 Å². The van der Waals surface area contributed by atoms with Gasteiger partial charge in [0.05, 0.1) is 19.8 Å². The number of hydrogen-bond acceptors (Lipinski definition) is 5. The van der Waals surface area contributed by atoms with Crippen molar-refractivity contribution in [3.8, 4) is 11.5 Å². The number of carbonyl (C=O) groups is 1. The van der Waals surface area contributed by atoms with Crippen LogP contribution in [0.3, 0.4) is 0 Å². The van der Waals surface area contributed by atoms with Crippen molar-refractivity contribution in [1.82, 2.24) is 5.32 Å². The summed E-state index contributed by atoms with van der Waals surface area (Å²) in [6.45, 7) is 0.529. The lowest BCUT2D eigenvalue weighted by Crippen LogP contribution is -2.51. The molecule has 1 amide bonds. The van der Waals surface area contributed by atoms with Crippen LogP contribution in [0.5, 0.6) is 11.5 Å². The Kier molecular flexibility index (Phi) is 6.59. The molecule has 5 nitrogen and oxygen atoms in total. The Morgan fingerprint density at radius 1 is 1.26 bits per heavy atom. The molecular weight excluding hydrogens is 312 g/mol. The minimum absolute atomic E-state index is 0.0883. The maximum atomic E-state index is 12.2. The molecule has 1 aromatic rings. The summed E-state index contributed by atoms with van der Waals surface area (Å²) in [5.41, 5.74) is 5.69. The Morgan fingerprint density at radius 3 is 2.57 bits per heavy atom. The first-order valence-corrected chi connectivity index (χ1v) is 8.97. The van der Waals surface area contributed by atoms with Gasteiger partial charge in [0, 0.05) is 23.6 Å². The molecule has 1 fully saturated rings.